The number of hydrogen-bond donors (Lipinski definition) is 0. The molecular weight excluding hydrogens is 343 g/mol. The zero-order valence-corrected chi connectivity index (χ0v) is 14.0. The SMILES string of the molecule is O=C(OF)C(F)(F)N1CCC(=C(c2ccccc2)c2ccccc2)CC1. The minimum absolute atomic E-state index is 0.0550. The largest absolute Gasteiger partial charge is 0.434 e. The maximum absolute atomic E-state index is 13.9. The quantitative estimate of drug-likeness (QED) is 0.745. The highest BCUT2D eigenvalue weighted by Gasteiger charge is 2.48. The molecule has 0 unspecified atom stereocenters. The van der Waals surface area contributed by atoms with Gasteiger partial charge in [-0.3, -0.25) is 0 Å². The molecule has 1 heterocycles. The van der Waals surface area contributed by atoms with E-state index in [1.807, 2.05) is 60.7 Å². The molecule has 0 aromatic heterocycles. The molecule has 2 aromatic rings. The van der Waals surface area contributed by atoms with Crippen LogP contribution in [0, 0.1) is 0 Å². The van der Waals surface area contributed by atoms with E-state index in [4.69, 9.17) is 0 Å². The molecule has 3 nitrogen and oxygen atoms in total. The second kappa shape index (κ2) is 7.74. The summed E-state index contributed by atoms with van der Waals surface area (Å²) in [6.45, 7) is -0.110. The summed E-state index contributed by atoms with van der Waals surface area (Å²) < 4.78 is 39.7. The van der Waals surface area contributed by atoms with Gasteiger partial charge in [0, 0.05) is 17.6 Å². The summed E-state index contributed by atoms with van der Waals surface area (Å²) in [6.07, 6.45) is 0.711. The number of halogens is 3. The van der Waals surface area contributed by atoms with Crippen molar-refractivity contribution in [2.45, 2.75) is 18.9 Å². The first-order valence-corrected chi connectivity index (χ1v) is 8.33. The fraction of sp³-hybridized carbons (Fsp3) is 0.250. The molecule has 0 N–H and O–H groups in total. The molecule has 1 aliphatic rings. The number of benzene rings is 2. The predicted molar refractivity (Wildman–Crippen MR) is 91.9 cm³/mol. The summed E-state index contributed by atoms with van der Waals surface area (Å²) in [5.41, 5.74) is 4.07. The highest BCUT2D eigenvalue weighted by molar-refractivity contribution is 5.82. The van der Waals surface area contributed by atoms with E-state index in [2.05, 4.69) is 4.94 Å². The van der Waals surface area contributed by atoms with Gasteiger partial charge in [0.15, 0.2) is 0 Å². The Labute approximate surface area is 149 Å². The van der Waals surface area contributed by atoms with Gasteiger partial charge in [0.1, 0.15) is 0 Å². The van der Waals surface area contributed by atoms with Crippen molar-refractivity contribution in [3.63, 3.8) is 0 Å². The van der Waals surface area contributed by atoms with Crippen LogP contribution >= 0.6 is 0 Å². The van der Waals surface area contributed by atoms with Crippen LogP contribution in [0.15, 0.2) is 66.2 Å². The molecule has 26 heavy (non-hydrogen) atoms. The predicted octanol–water partition coefficient (Wildman–Crippen LogP) is 4.60. The highest BCUT2D eigenvalue weighted by atomic mass is 19.3. The molecule has 0 saturated carbocycles. The first kappa shape index (κ1) is 18.2. The Hall–Kier alpha value is -2.60. The molecule has 1 fully saturated rings. The number of nitrogens with zero attached hydrogens (tertiary/aromatic N) is 1. The average molecular weight is 361 g/mol. The number of alkyl halides is 2. The molecule has 0 radical (unpaired) electrons. The van der Waals surface area contributed by atoms with Crippen molar-refractivity contribution in [3.05, 3.63) is 77.4 Å². The molecule has 6 heteroatoms. The lowest BCUT2D eigenvalue weighted by Crippen LogP contribution is -2.50. The Kier molecular flexibility index (Phi) is 5.42. The van der Waals surface area contributed by atoms with Crippen LogP contribution in [0.1, 0.15) is 24.0 Å². The lowest BCUT2D eigenvalue weighted by atomic mass is 9.88. The summed E-state index contributed by atoms with van der Waals surface area (Å²) in [7, 11) is 0. The van der Waals surface area contributed by atoms with Crippen molar-refractivity contribution in [1.82, 2.24) is 4.90 Å². The summed E-state index contributed by atoms with van der Waals surface area (Å²) >= 11 is 0. The van der Waals surface area contributed by atoms with Crippen LogP contribution in [0.4, 0.5) is 13.3 Å². The van der Waals surface area contributed by atoms with Crippen molar-refractivity contribution in [2.24, 2.45) is 0 Å². The number of carbonyl (C=O) groups is 1. The van der Waals surface area contributed by atoms with E-state index < -0.39 is 12.0 Å². The van der Waals surface area contributed by atoms with E-state index in [1.165, 1.54) is 0 Å². The van der Waals surface area contributed by atoms with E-state index in [-0.39, 0.29) is 13.1 Å². The third-order valence-electron chi connectivity index (χ3n) is 4.56. The van der Waals surface area contributed by atoms with Crippen molar-refractivity contribution in [2.75, 3.05) is 13.1 Å². The maximum atomic E-state index is 13.9. The number of carbonyl (C=O) groups excluding carboxylic acids is 1. The van der Waals surface area contributed by atoms with Gasteiger partial charge in [-0.05, 0) is 29.5 Å². The first-order chi connectivity index (χ1) is 12.5. The van der Waals surface area contributed by atoms with E-state index in [0.717, 1.165) is 22.3 Å². The monoisotopic (exact) mass is 361 g/mol. The van der Waals surface area contributed by atoms with Crippen molar-refractivity contribution >= 4 is 11.5 Å². The molecule has 136 valence electrons. The highest BCUT2D eigenvalue weighted by Crippen LogP contribution is 2.34. The Bertz CT molecular complexity index is 740. The summed E-state index contributed by atoms with van der Waals surface area (Å²) in [5, 5.41) is 0. The normalized spacial score (nSPS) is 15.6. The lowest BCUT2D eigenvalue weighted by Gasteiger charge is -2.33. The smallest absolute Gasteiger partial charge is 0.246 e. The van der Waals surface area contributed by atoms with Gasteiger partial charge in [0.2, 0.25) is 0 Å². The standard InChI is InChI=1S/C20H18F3NO2/c21-20(22,19(25)26-23)24-13-11-17(12-14-24)18(15-7-3-1-4-8-15)16-9-5-2-6-10-16/h1-10H,11-14H2. The molecule has 0 atom stereocenters. The summed E-state index contributed by atoms with van der Waals surface area (Å²) in [4.78, 5) is 14.4. The van der Waals surface area contributed by atoms with Gasteiger partial charge < -0.3 is 0 Å². The molecule has 0 spiro atoms. The van der Waals surface area contributed by atoms with Crippen LogP contribution in [0.3, 0.4) is 0 Å². The molecule has 3 rings (SSSR count). The minimum Gasteiger partial charge on any atom is -0.246 e. The minimum atomic E-state index is -3.96. The van der Waals surface area contributed by atoms with Crippen LogP contribution in [0.5, 0.6) is 0 Å². The second-order valence-corrected chi connectivity index (χ2v) is 6.10. The van der Waals surface area contributed by atoms with Crippen LogP contribution in [-0.4, -0.2) is 30.0 Å². The lowest BCUT2D eigenvalue weighted by molar-refractivity contribution is -0.237. The number of piperidine rings is 1. The fourth-order valence-electron chi connectivity index (χ4n) is 3.27. The number of likely N-dealkylation sites (tertiary alicyclic amines) is 1. The van der Waals surface area contributed by atoms with Crippen molar-refractivity contribution in [3.8, 4) is 0 Å². The molecular formula is C20H18F3NO2. The Morgan fingerprint density at radius 1 is 0.885 bits per heavy atom. The van der Waals surface area contributed by atoms with E-state index in [0.29, 0.717) is 17.7 Å². The van der Waals surface area contributed by atoms with Crippen LogP contribution in [0.25, 0.3) is 5.57 Å². The molecule has 1 saturated heterocycles. The topological polar surface area (TPSA) is 29.5 Å². The summed E-state index contributed by atoms with van der Waals surface area (Å²) in [6, 6.07) is 15.5. The van der Waals surface area contributed by atoms with Gasteiger partial charge in [-0.15, -0.1) is 0 Å². The second-order valence-electron chi connectivity index (χ2n) is 6.10. The Morgan fingerprint density at radius 2 is 1.35 bits per heavy atom. The zero-order valence-electron chi connectivity index (χ0n) is 14.0. The molecule has 0 amide bonds. The number of rotatable bonds is 4. The Morgan fingerprint density at radius 3 is 1.77 bits per heavy atom. The molecule has 0 aliphatic carbocycles. The Balaban J connectivity index is 1.91. The van der Waals surface area contributed by atoms with Gasteiger partial charge in [0.25, 0.3) is 0 Å². The molecule has 2 aromatic carbocycles. The van der Waals surface area contributed by atoms with E-state index in [1.54, 1.807) is 0 Å². The van der Waals surface area contributed by atoms with E-state index >= 15 is 0 Å². The van der Waals surface area contributed by atoms with Crippen LogP contribution < -0.4 is 0 Å². The van der Waals surface area contributed by atoms with Crippen LogP contribution in [-0.2, 0) is 9.74 Å². The fourth-order valence-corrected chi connectivity index (χ4v) is 3.27. The van der Waals surface area contributed by atoms with Gasteiger partial charge in [0.05, 0.1) is 0 Å². The third-order valence-corrected chi connectivity index (χ3v) is 4.56. The maximum Gasteiger partial charge on any atom is 0.434 e. The van der Waals surface area contributed by atoms with Crippen LogP contribution in [0.2, 0.25) is 0 Å². The third kappa shape index (κ3) is 3.65. The average Bonchev–Trinajstić information content (AvgIpc) is 2.69. The van der Waals surface area contributed by atoms with Gasteiger partial charge >= 0.3 is 12.0 Å². The van der Waals surface area contributed by atoms with Crippen molar-refractivity contribution < 1.29 is 23.0 Å². The van der Waals surface area contributed by atoms with E-state index in [9.17, 15) is 18.1 Å². The van der Waals surface area contributed by atoms with Gasteiger partial charge in [-0.25, -0.2) is 14.6 Å². The molecule has 0 bridgehead atoms. The van der Waals surface area contributed by atoms with Gasteiger partial charge in [-0.2, -0.15) is 8.78 Å². The zero-order chi connectivity index (χ0) is 18.6. The summed E-state index contributed by atoms with van der Waals surface area (Å²) in [5.74, 6) is -2.17. The van der Waals surface area contributed by atoms with Gasteiger partial charge in [-0.1, -0.05) is 66.2 Å². The molecule has 1 aliphatic heterocycles. The first-order valence-electron chi connectivity index (χ1n) is 8.33. The number of hydrogen-bond acceptors (Lipinski definition) is 3. The van der Waals surface area contributed by atoms with Crippen molar-refractivity contribution in [1.29, 1.82) is 0 Å².